The maximum Gasteiger partial charge on any atom is 1.00 e. The summed E-state index contributed by atoms with van der Waals surface area (Å²) in [7, 11) is 0. The Kier molecular flexibility index (Phi) is 4.64. The van der Waals surface area contributed by atoms with Crippen LogP contribution in [0.15, 0.2) is 34.6 Å². The molecule has 0 bridgehead atoms. The van der Waals surface area contributed by atoms with Crippen LogP contribution in [0.1, 0.15) is 0 Å². The number of nitrogens with zero attached hydrogens (tertiary/aromatic N) is 2. The van der Waals surface area contributed by atoms with Gasteiger partial charge in [-0.3, -0.25) is 0 Å². The summed E-state index contributed by atoms with van der Waals surface area (Å²) in [6.45, 7) is 0. The van der Waals surface area contributed by atoms with Crippen molar-refractivity contribution in [2.24, 2.45) is 16.2 Å². The van der Waals surface area contributed by atoms with Gasteiger partial charge in [-0.2, -0.15) is 24.3 Å². The fourth-order valence-electron chi connectivity index (χ4n) is 0.513. The van der Waals surface area contributed by atoms with Crippen LogP contribution in [0, 0.1) is 6.07 Å². The van der Waals surface area contributed by atoms with Gasteiger partial charge in [0.25, 0.3) is 0 Å². The van der Waals surface area contributed by atoms with E-state index in [1.165, 1.54) is 0 Å². The molecule has 1 rings (SSSR count). The molecular weight excluding hydrogens is 121 g/mol. The van der Waals surface area contributed by atoms with Gasteiger partial charge in [0.1, 0.15) is 0 Å². The average molecular weight is 127 g/mol. The topological polar surface area (TPSA) is 50.7 Å². The van der Waals surface area contributed by atoms with E-state index in [-0.39, 0.29) is 18.9 Å². The molecular formula is C6H6LiN3. The zero-order chi connectivity index (χ0) is 6.53. The maximum absolute atomic E-state index is 4.80. The molecule has 0 amide bonds. The maximum atomic E-state index is 4.80. The van der Waals surface area contributed by atoms with E-state index in [1.54, 1.807) is 18.2 Å². The standard InChI is InChI=1S/C6H6N3.Li/c7-9-8-6-4-2-1-3-5-6;/h1-2,4-5H,(H2,7,8);/q-1;+1. The number of benzene rings is 1. The molecule has 10 heavy (non-hydrogen) atoms. The summed E-state index contributed by atoms with van der Waals surface area (Å²) in [6, 6.07) is 9.95. The van der Waals surface area contributed by atoms with E-state index < -0.39 is 0 Å². The van der Waals surface area contributed by atoms with Crippen LogP contribution in [0.25, 0.3) is 0 Å². The van der Waals surface area contributed by atoms with Gasteiger partial charge < -0.3 is 5.84 Å². The van der Waals surface area contributed by atoms with E-state index in [1.807, 2.05) is 6.07 Å². The molecule has 0 aliphatic carbocycles. The Hall–Kier alpha value is -0.783. The number of nitrogens with two attached hydrogens (primary N) is 1. The Bertz CT molecular complexity index is 197. The summed E-state index contributed by atoms with van der Waals surface area (Å²) in [4.78, 5) is 0. The molecule has 0 aromatic heterocycles. The van der Waals surface area contributed by atoms with Gasteiger partial charge in [0.15, 0.2) is 0 Å². The second kappa shape index (κ2) is 5.04. The van der Waals surface area contributed by atoms with Gasteiger partial charge in [-0.15, -0.1) is 6.07 Å². The molecule has 0 fully saturated rings. The second-order valence-corrected chi connectivity index (χ2v) is 1.48. The van der Waals surface area contributed by atoms with E-state index in [0.29, 0.717) is 0 Å². The molecule has 0 aliphatic rings. The van der Waals surface area contributed by atoms with Crippen LogP contribution in [0.4, 0.5) is 5.69 Å². The van der Waals surface area contributed by atoms with Gasteiger partial charge in [0.05, 0.1) is 0 Å². The SMILES string of the molecule is NN=Nc1c[c-]ccc1.[Li+]. The summed E-state index contributed by atoms with van der Waals surface area (Å²) in [6.07, 6.45) is 0. The first-order valence-corrected chi connectivity index (χ1v) is 2.50. The molecule has 0 saturated heterocycles. The van der Waals surface area contributed by atoms with Crippen LogP contribution >= 0.6 is 0 Å². The van der Waals surface area contributed by atoms with Crippen LogP contribution in [0.3, 0.4) is 0 Å². The number of rotatable bonds is 1. The zero-order valence-electron chi connectivity index (χ0n) is 5.78. The van der Waals surface area contributed by atoms with Gasteiger partial charge in [0, 0.05) is 0 Å². The minimum absolute atomic E-state index is 0. The molecule has 3 nitrogen and oxygen atoms in total. The normalized spacial score (nSPS) is 9.20. The van der Waals surface area contributed by atoms with E-state index in [4.69, 9.17) is 5.84 Å². The molecule has 0 heterocycles. The summed E-state index contributed by atoms with van der Waals surface area (Å²) in [5.74, 6) is 4.80. The monoisotopic (exact) mass is 127 g/mol. The smallest absolute Gasteiger partial charge is 0.306 e. The average Bonchev–Trinajstić information content (AvgIpc) is 1.91. The van der Waals surface area contributed by atoms with Gasteiger partial charge in [0.2, 0.25) is 0 Å². The summed E-state index contributed by atoms with van der Waals surface area (Å²) in [5.41, 5.74) is 0.722. The van der Waals surface area contributed by atoms with Gasteiger partial charge in [-0.05, 0) is 5.69 Å². The van der Waals surface area contributed by atoms with Gasteiger partial charge >= 0.3 is 18.9 Å². The van der Waals surface area contributed by atoms with Gasteiger partial charge in [-0.25, -0.2) is 5.11 Å². The Labute approximate surface area is 71.5 Å². The van der Waals surface area contributed by atoms with Crippen molar-refractivity contribution in [1.29, 1.82) is 0 Å². The largest absolute Gasteiger partial charge is 1.00 e. The first kappa shape index (κ1) is 9.22. The summed E-state index contributed by atoms with van der Waals surface area (Å²) >= 11 is 0. The molecule has 4 heteroatoms. The molecule has 2 N–H and O–H groups in total. The van der Waals surface area contributed by atoms with Crippen LogP contribution in [-0.4, -0.2) is 0 Å². The zero-order valence-corrected chi connectivity index (χ0v) is 5.78. The Morgan fingerprint density at radius 1 is 1.50 bits per heavy atom. The van der Waals surface area contributed by atoms with Crippen LogP contribution in [0.2, 0.25) is 0 Å². The molecule has 0 saturated carbocycles. The van der Waals surface area contributed by atoms with E-state index in [0.717, 1.165) is 5.69 Å². The summed E-state index contributed by atoms with van der Waals surface area (Å²) < 4.78 is 0. The van der Waals surface area contributed by atoms with Crippen molar-refractivity contribution in [3.63, 3.8) is 0 Å². The molecule has 0 aliphatic heterocycles. The fraction of sp³-hybridized carbons (Fsp3) is 0. The van der Waals surface area contributed by atoms with Gasteiger partial charge in [-0.1, -0.05) is 5.22 Å². The third kappa shape index (κ3) is 2.67. The Morgan fingerprint density at radius 2 is 2.30 bits per heavy atom. The Balaban J connectivity index is 0.000000810. The van der Waals surface area contributed by atoms with Crippen molar-refractivity contribution in [1.82, 2.24) is 0 Å². The predicted molar refractivity (Wildman–Crippen MR) is 34.0 cm³/mol. The molecule has 0 spiro atoms. The van der Waals surface area contributed by atoms with Crippen molar-refractivity contribution in [2.75, 3.05) is 0 Å². The fourth-order valence-corrected chi connectivity index (χ4v) is 0.513. The van der Waals surface area contributed by atoms with Crippen molar-refractivity contribution in [2.45, 2.75) is 0 Å². The molecule has 0 radical (unpaired) electrons. The molecule has 0 unspecified atom stereocenters. The molecule has 1 aromatic carbocycles. The Morgan fingerprint density at radius 3 is 2.80 bits per heavy atom. The van der Waals surface area contributed by atoms with Crippen molar-refractivity contribution in [3.05, 3.63) is 30.3 Å². The van der Waals surface area contributed by atoms with Crippen molar-refractivity contribution >= 4 is 5.69 Å². The third-order valence-corrected chi connectivity index (χ3v) is 0.864. The van der Waals surface area contributed by atoms with Crippen LogP contribution < -0.4 is 24.7 Å². The van der Waals surface area contributed by atoms with Crippen LogP contribution in [-0.2, 0) is 0 Å². The third-order valence-electron chi connectivity index (χ3n) is 0.864. The second-order valence-electron chi connectivity index (χ2n) is 1.48. The van der Waals surface area contributed by atoms with E-state index in [9.17, 15) is 0 Å². The summed E-state index contributed by atoms with van der Waals surface area (Å²) in [5, 5.41) is 6.69. The van der Waals surface area contributed by atoms with E-state index >= 15 is 0 Å². The first-order chi connectivity index (χ1) is 4.43. The molecule has 1 aromatic rings. The van der Waals surface area contributed by atoms with Crippen LogP contribution in [0.5, 0.6) is 0 Å². The first-order valence-electron chi connectivity index (χ1n) is 2.50. The number of hydrogen-bond donors (Lipinski definition) is 1. The van der Waals surface area contributed by atoms with Crippen molar-refractivity contribution < 1.29 is 18.9 Å². The minimum atomic E-state index is 0. The minimum Gasteiger partial charge on any atom is -0.306 e. The van der Waals surface area contributed by atoms with E-state index in [2.05, 4.69) is 16.4 Å². The van der Waals surface area contributed by atoms with Crippen molar-refractivity contribution in [3.8, 4) is 0 Å². The predicted octanol–water partition coefficient (Wildman–Crippen LogP) is -1.55. The molecule has 46 valence electrons. The number of hydrogen-bond acceptors (Lipinski definition) is 2. The quantitative estimate of drug-likeness (QED) is 0.160. The molecule has 0 atom stereocenters.